The van der Waals surface area contributed by atoms with Gasteiger partial charge in [-0.2, -0.15) is 0 Å². The summed E-state index contributed by atoms with van der Waals surface area (Å²) in [6.45, 7) is 8.42. The summed E-state index contributed by atoms with van der Waals surface area (Å²) in [7, 11) is -0.858. The van der Waals surface area contributed by atoms with Gasteiger partial charge in [-0.05, 0) is 218 Å². The summed E-state index contributed by atoms with van der Waals surface area (Å²) in [6.07, 6.45) is 0. The quantitative estimate of drug-likeness (QED) is 0.0593. The molecule has 1 atom stereocenters. The van der Waals surface area contributed by atoms with Gasteiger partial charge in [0.15, 0.2) is 0 Å². The van der Waals surface area contributed by atoms with Crippen LogP contribution in [0.4, 0.5) is 11.4 Å². The van der Waals surface area contributed by atoms with Gasteiger partial charge in [-0.25, -0.2) is 0 Å². The fourth-order valence-electron chi connectivity index (χ4n) is 21.5. The molecular formula is C131H96BBr2N6O6P. The largest absolute Gasteiger partial charge is 0.495 e. The summed E-state index contributed by atoms with van der Waals surface area (Å²) < 4.78 is 21.8. The number of rotatable bonds is 11. The molecule has 16 heteroatoms. The molecule has 147 heavy (non-hydrogen) atoms. The third kappa shape index (κ3) is 17.5. The Morgan fingerprint density at radius 1 is 0.299 bits per heavy atom. The fourth-order valence-corrected chi connectivity index (χ4v) is 24.8. The van der Waals surface area contributed by atoms with E-state index in [4.69, 9.17) is 9.31 Å². The van der Waals surface area contributed by atoms with Gasteiger partial charge in [-0.1, -0.05) is 416 Å². The van der Waals surface area contributed by atoms with E-state index in [1.165, 1.54) is 175 Å². The summed E-state index contributed by atoms with van der Waals surface area (Å²) in [5.74, 6) is 0.0787. The SMILES string of the molecule is Brc1cccc2c1c1ccc3ccccc3c1n2-c1ccccc1.CC1(C)OB(c2cccc3c2c2ccc4ccccc4c2n3-c2ccccc2)OC1(C)C.O=[N+]([O-])c1ccccc1-c1cccc2c1-c1ccc3ccccc3c1C2c1ccccc1.O=[N+]([O-])c1ccccc1Br.c1ccc(-n2c3ccc4[nH]c5ccccc5c4c3c3ccc4ccccc4c32)cc1.c1ccc(P(c2ccccc2)c2ccccc2)cc1. The zero-order valence-corrected chi connectivity index (χ0v) is 85.0. The van der Waals surface area contributed by atoms with Crippen LogP contribution in [0.3, 0.4) is 0 Å². The zero-order chi connectivity index (χ0) is 100.0. The van der Waals surface area contributed by atoms with Crippen LogP contribution in [0.5, 0.6) is 0 Å². The molecule has 2 aliphatic rings. The molecule has 0 saturated carbocycles. The first-order valence-electron chi connectivity index (χ1n) is 49.2. The number of nitro groups is 2. The van der Waals surface area contributed by atoms with Crippen molar-refractivity contribution in [3.05, 3.63) is 543 Å². The average molecular weight is 2050 g/mol. The molecule has 0 bridgehead atoms. The maximum absolute atomic E-state index is 11.8. The van der Waals surface area contributed by atoms with Crippen LogP contribution in [0, 0.1) is 20.2 Å². The van der Waals surface area contributed by atoms with Crippen LogP contribution in [0.15, 0.2) is 506 Å². The Kier molecular flexibility index (Phi) is 25.6. The number of halogens is 2. The van der Waals surface area contributed by atoms with E-state index in [2.05, 4.69) is 509 Å². The van der Waals surface area contributed by atoms with Crippen LogP contribution < -0.4 is 21.4 Å². The first kappa shape index (κ1) is 93.9. The zero-order valence-electron chi connectivity index (χ0n) is 80.9. The third-order valence-corrected chi connectivity index (χ3v) is 32.5. The number of hydrogen-bond acceptors (Lipinski definition) is 6. The fraction of sp³-hybridized carbons (Fsp3) is 0.0534. The molecule has 0 amide bonds. The molecule has 1 saturated heterocycles. The van der Waals surface area contributed by atoms with Gasteiger partial charge in [0.1, 0.15) is 0 Å². The van der Waals surface area contributed by atoms with E-state index >= 15 is 0 Å². The Labute approximate surface area is 868 Å². The molecule has 28 rings (SSSR count). The number of aromatic nitrogens is 4. The lowest BCUT2D eigenvalue weighted by molar-refractivity contribution is -0.385. The van der Waals surface area contributed by atoms with Gasteiger partial charge < -0.3 is 28.0 Å². The molecule has 1 unspecified atom stereocenters. The van der Waals surface area contributed by atoms with Crippen molar-refractivity contribution in [2.45, 2.75) is 44.8 Å². The average Bonchev–Trinajstić information content (AvgIpc) is 1.55. The number of benzene rings is 22. The number of nitrogens with zero attached hydrogens (tertiary/aromatic N) is 5. The summed E-state index contributed by atoms with van der Waals surface area (Å²) in [5, 5.41) is 46.3. The highest BCUT2D eigenvalue weighted by atomic mass is 79.9. The molecule has 22 aromatic carbocycles. The number of H-pyrrole nitrogens is 1. The van der Waals surface area contributed by atoms with Crippen LogP contribution in [-0.2, 0) is 9.31 Å². The lowest BCUT2D eigenvalue weighted by atomic mass is 9.76. The number of nitro benzene ring substituents is 2. The second-order valence-corrected chi connectivity index (χ2v) is 41.7. The molecule has 26 aromatic rings. The van der Waals surface area contributed by atoms with Crippen molar-refractivity contribution in [3.8, 4) is 39.3 Å². The number of aromatic amines is 1. The van der Waals surface area contributed by atoms with E-state index < -0.39 is 20.0 Å². The van der Waals surface area contributed by atoms with Gasteiger partial charge in [0.2, 0.25) is 0 Å². The maximum atomic E-state index is 11.8. The van der Waals surface area contributed by atoms with Crippen molar-refractivity contribution >= 4 is 210 Å². The minimum atomic E-state index is -0.446. The summed E-state index contributed by atoms with van der Waals surface area (Å²) in [5.41, 5.74) is 21.3. The van der Waals surface area contributed by atoms with E-state index in [9.17, 15) is 20.2 Å². The molecule has 0 radical (unpaired) electrons. The molecular weight excluding hydrogens is 1960 g/mol. The second kappa shape index (κ2) is 40.1. The van der Waals surface area contributed by atoms with E-state index in [-0.39, 0.29) is 33.4 Å². The van der Waals surface area contributed by atoms with Crippen LogP contribution in [0.1, 0.15) is 50.3 Å². The number of nitrogens with one attached hydrogen (secondary N) is 1. The monoisotopic (exact) mass is 2050 g/mol. The summed E-state index contributed by atoms with van der Waals surface area (Å²) >= 11 is 6.81. The summed E-state index contributed by atoms with van der Waals surface area (Å²) in [4.78, 5) is 24.9. The Morgan fingerprint density at radius 2 is 0.673 bits per heavy atom. The molecule has 1 fully saturated rings. The maximum Gasteiger partial charge on any atom is 0.495 e. The van der Waals surface area contributed by atoms with Gasteiger partial charge in [0.05, 0.1) is 64.2 Å². The Balaban J connectivity index is 0.0000000997. The van der Waals surface area contributed by atoms with Crippen molar-refractivity contribution in [3.63, 3.8) is 0 Å². The molecule has 708 valence electrons. The van der Waals surface area contributed by atoms with E-state index in [1.54, 1.807) is 30.3 Å². The van der Waals surface area contributed by atoms with Crippen molar-refractivity contribution < 1.29 is 19.2 Å². The number of fused-ring (bicyclic) bond motifs is 24. The predicted molar refractivity (Wildman–Crippen MR) is 622 cm³/mol. The van der Waals surface area contributed by atoms with Crippen molar-refractivity contribution in [2.24, 2.45) is 0 Å². The molecule has 0 spiro atoms. The highest BCUT2D eigenvalue weighted by Gasteiger charge is 2.52. The van der Waals surface area contributed by atoms with Gasteiger partial charge in [-0.15, -0.1) is 0 Å². The van der Waals surface area contributed by atoms with E-state index in [0.717, 1.165) is 37.8 Å². The molecule has 1 aliphatic carbocycles. The minimum absolute atomic E-state index is 0.0787. The number of para-hydroxylation sites is 6. The number of hydrogen-bond donors (Lipinski definition) is 1. The lowest BCUT2D eigenvalue weighted by Crippen LogP contribution is -2.41. The summed E-state index contributed by atoms with van der Waals surface area (Å²) in [6, 6.07) is 172. The Bertz CT molecular complexity index is 9390. The van der Waals surface area contributed by atoms with Crippen LogP contribution >= 0.6 is 39.8 Å². The Morgan fingerprint density at radius 3 is 1.17 bits per heavy atom. The van der Waals surface area contributed by atoms with Gasteiger partial charge >= 0.3 is 7.12 Å². The topological polar surface area (TPSA) is 135 Å². The lowest BCUT2D eigenvalue weighted by Gasteiger charge is -2.32. The first-order valence-corrected chi connectivity index (χ1v) is 52.2. The highest BCUT2D eigenvalue weighted by Crippen LogP contribution is 2.55. The molecule has 4 aromatic heterocycles. The second-order valence-electron chi connectivity index (χ2n) is 37.8. The molecule has 1 aliphatic heterocycles. The molecule has 12 nitrogen and oxygen atoms in total. The van der Waals surface area contributed by atoms with Crippen LogP contribution in [0.2, 0.25) is 0 Å². The van der Waals surface area contributed by atoms with Crippen LogP contribution in [0.25, 0.3) is 170 Å². The van der Waals surface area contributed by atoms with E-state index in [0.29, 0.717) is 10.0 Å². The smallest absolute Gasteiger partial charge is 0.399 e. The van der Waals surface area contributed by atoms with Crippen molar-refractivity contribution in [1.82, 2.24) is 18.7 Å². The van der Waals surface area contributed by atoms with Crippen LogP contribution in [-0.4, -0.2) is 46.9 Å². The van der Waals surface area contributed by atoms with Crippen molar-refractivity contribution in [1.29, 1.82) is 0 Å². The molecule has 1 N–H and O–H groups in total. The molecule has 5 heterocycles. The highest BCUT2D eigenvalue weighted by molar-refractivity contribution is 9.11. The van der Waals surface area contributed by atoms with Gasteiger partial charge in [0, 0.05) is 110 Å². The normalized spacial score (nSPS) is 13.2. The Hall–Kier alpha value is -16.7. The van der Waals surface area contributed by atoms with Gasteiger partial charge in [-0.3, -0.25) is 20.2 Å². The van der Waals surface area contributed by atoms with Crippen molar-refractivity contribution in [2.75, 3.05) is 0 Å². The standard InChI is InChI=1S/C29H19NO2.C28H26BNO2.C28H18N2.C22H14BrN.C18H15P.C6H4BrNO2/c31-30(32)26-16-7-6-13-22(26)23-14-8-15-24-27(20-10-2-1-3-11-20)29-21-12-5-4-9-19(21)17-18-25(29)28(23)24;1-27(2)28(3,4)32-29(31-27)23-15-10-16-24-25(23)22-18-17-19-11-8-9-14-21(19)26(22)30(24)20-12-6-5-7-13-20;1-2-9-19(10-3-1)30-25-17-16-24-26(21-12-6-7-13-23(21)29-24)27(25)22-15-14-18-8-4-5-11-20(18)28(22)30;23-19-11-6-12-20-21(19)18-14-13-15-7-4-5-10-17(15)22(18)24(20)16-8-2-1-3-9-16;1-4-10-16(11-5-1)19(17-12-6-2-7-13-17)18-14-8-3-9-15-18;7-5-3-1-2-4-6(5)8(9)10/h1-18,27H;5-18H,1-4H3;1-17,29H;1-14H;1-15H;1-4H. The van der Waals surface area contributed by atoms with Gasteiger partial charge in [0.25, 0.3) is 11.4 Å². The predicted octanol–water partition coefficient (Wildman–Crippen LogP) is 33.9. The first-order chi connectivity index (χ1) is 72.0. The third-order valence-electron chi connectivity index (χ3n) is 28.7. The van der Waals surface area contributed by atoms with E-state index in [1.807, 2.05) is 30.3 Å². The minimum Gasteiger partial charge on any atom is -0.399 e.